The van der Waals surface area contributed by atoms with Gasteiger partial charge in [-0.1, -0.05) is 12.0 Å². The van der Waals surface area contributed by atoms with Crippen LogP contribution in [0.3, 0.4) is 0 Å². The van der Waals surface area contributed by atoms with E-state index in [1.54, 1.807) is 25.3 Å². The molecule has 1 saturated heterocycles. The summed E-state index contributed by atoms with van der Waals surface area (Å²) in [6.07, 6.45) is 4.65. The Hall–Kier alpha value is -2.87. The summed E-state index contributed by atoms with van der Waals surface area (Å²) in [5, 5.41) is 9.40. The number of carboxylic acid groups (broad SMARTS) is 1. The number of hydrogen-bond acceptors (Lipinski definition) is 3. The molecule has 1 atom stereocenters. The van der Waals surface area contributed by atoms with Gasteiger partial charge in [0.15, 0.2) is 0 Å². The molecule has 2 aliphatic heterocycles. The molecule has 0 bridgehead atoms. The van der Waals surface area contributed by atoms with Crippen molar-refractivity contribution >= 4 is 18.0 Å². The van der Waals surface area contributed by atoms with Crippen LogP contribution in [0.4, 0.5) is 0 Å². The van der Waals surface area contributed by atoms with Crippen LogP contribution in [0.25, 0.3) is 6.08 Å². The van der Waals surface area contributed by atoms with Gasteiger partial charge in [0.05, 0.1) is 11.7 Å². The quantitative estimate of drug-likeness (QED) is 0.513. The van der Waals surface area contributed by atoms with Crippen LogP contribution in [0, 0.1) is 11.8 Å². The molecule has 0 spiro atoms. The van der Waals surface area contributed by atoms with Crippen molar-refractivity contribution in [3.63, 3.8) is 0 Å². The van der Waals surface area contributed by atoms with E-state index in [0.717, 1.165) is 0 Å². The summed E-state index contributed by atoms with van der Waals surface area (Å²) in [5.41, 5.74) is 1.86. The fourth-order valence-corrected chi connectivity index (χ4v) is 2.87. The van der Waals surface area contributed by atoms with Crippen molar-refractivity contribution in [3.05, 3.63) is 46.9 Å². The Bertz CT molecular complexity index is 766. The fraction of sp³-hybridized carbons (Fsp3) is 0.235. The minimum absolute atomic E-state index is 0.0220. The minimum atomic E-state index is -1.10. The van der Waals surface area contributed by atoms with Crippen LogP contribution in [0.15, 0.2) is 41.2 Å². The Morgan fingerprint density at radius 2 is 2.32 bits per heavy atom. The minimum Gasteiger partial charge on any atom is -0.477 e. The molecule has 0 aliphatic carbocycles. The Morgan fingerprint density at radius 1 is 1.50 bits per heavy atom. The number of carboxylic acids is 1. The molecular weight excluding hydrogens is 280 g/mol. The predicted molar refractivity (Wildman–Crippen MR) is 80.2 cm³/mol. The number of rotatable bonds is 2. The van der Waals surface area contributed by atoms with Gasteiger partial charge >= 0.3 is 5.97 Å². The van der Waals surface area contributed by atoms with E-state index in [1.807, 2.05) is 12.1 Å². The second-order valence-electron chi connectivity index (χ2n) is 5.09. The van der Waals surface area contributed by atoms with Crippen LogP contribution >= 0.6 is 0 Å². The maximum atomic E-state index is 12.3. The topological polar surface area (TPSA) is 70.5 Å². The number of hydrogen-bond donors (Lipinski definition) is 1. The number of nitrogens with zero attached hydrogens (tertiary/aromatic N) is 2. The highest BCUT2D eigenvalue weighted by atomic mass is 16.4. The first kappa shape index (κ1) is 14.1. The van der Waals surface area contributed by atoms with Crippen LogP contribution in [0.2, 0.25) is 0 Å². The molecule has 1 unspecified atom stereocenters. The van der Waals surface area contributed by atoms with Crippen molar-refractivity contribution in [3.8, 4) is 11.8 Å². The Balaban J connectivity index is 1.97. The van der Waals surface area contributed by atoms with Crippen LogP contribution in [0.5, 0.6) is 0 Å². The van der Waals surface area contributed by atoms with E-state index in [4.69, 9.17) is 0 Å². The van der Waals surface area contributed by atoms with Crippen LogP contribution in [-0.2, 0) is 9.59 Å². The molecule has 0 saturated carbocycles. The average Bonchev–Trinajstić information content (AvgIpc) is 2.53. The third kappa shape index (κ3) is 2.19. The fourth-order valence-electron chi connectivity index (χ4n) is 2.87. The highest BCUT2D eigenvalue weighted by Gasteiger charge is 2.48. The van der Waals surface area contributed by atoms with E-state index < -0.39 is 5.97 Å². The molecule has 2 aliphatic rings. The maximum Gasteiger partial charge on any atom is 0.353 e. The van der Waals surface area contributed by atoms with Crippen molar-refractivity contribution in [2.45, 2.75) is 25.8 Å². The first-order chi connectivity index (χ1) is 10.6. The molecule has 3 heterocycles. The lowest BCUT2D eigenvalue weighted by molar-refractivity contribution is -0.144. The number of allylic oxidation sites excluding steroid dienone is 1. The lowest BCUT2D eigenvalue weighted by Crippen LogP contribution is -2.57. The number of β-lactam (4-membered cyclic amide) rings is 1. The van der Waals surface area contributed by atoms with Crippen LogP contribution in [0.1, 0.15) is 25.5 Å². The Labute approximate surface area is 128 Å². The average molecular weight is 294 g/mol. The summed E-state index contributed by atoms with van der Waals surface area (Å²) in [7, 11) is 0. The van der Waals surface area contributed by atoms with Crippen molar-refractivity contribution in [1.29, 1.82) is 0 Å². The molecule has 1 amide bonds. The van der Waals surface area contributed by atoms with Gasteiger partial charge in [0.2, 0.25) is 0 Å². The first-order valence-corrected chi connectivity index (χ1v) is 6.99. The van der Waals surface area contributed by atoms with E-state index in [-0.39, 0.29) is 17.6 Å². The summed E-state index contributed by atoms with van der Waals surface area (Å²) in [6, 6.07) is 5.27. The molecule has 5 heteroatoms. The summed E-state index contributed by atoms with van der Waals surface area (Å²) >= 11 is 0. The maximum absolute atomic E-state index is 12.3. The number of carbonyl (C=O) groups excluding carboxylic acids is 1. The summed E-state index contributed by atoms with van der Waals surface area (Å²) in [4.78, 5) is 29.4. The van der Waals surface area contributed by atoms with E-state index in [1.165, 1.54) is 4.90 Å². The first-order valence-electron chi connectivity index (χ1n) is 6.99. The van der Waals surface area contributed by atoms with Crippen LogP contribution in [-0.4, -0.2) is 32.9 Å². The van der Waals surface area contributed by atoms with Gasteiger partial charge in [-0.3, -0.25) is 14.7 Å². The number of fused-ring (bicyclic) bond motifs is 1. The number of pyridine rings is 1. The van der Waals surface area contributed by atoms with Crippen molar-refractivity contribution in [2.24, 2.45) is 0 Å². The van der Waals surface area contributed by atoms with Gasteiger partial charge in [-0.05, 0) is 38.0 Å². The smallest absolute Gasteiger partial charge is 0.353 e. The molecule has 0 aromatic carbocycles. The molecule has 1 aromatic rings. The molecule has 5 nitrogen and oxygen atoms in total. The number of aromatic nitrogens is 1. The largest absolute Gasteiger partial charge is 0.477 e. The zero-order valence-corrected chi connectivity index (χ0v) is 12.0. The van der Waals surface area contributed by atoms with Crippen molar-refractivity contribution in [1.82, 2.24) is 9.88 Å². The molecular formula is C17H14N2O3. The molecule has 1 N–H and O–H groups in total. The predicted octanol–water partition coefficient (Wildman–Crippen LogP) is 1.83. The molecule has 0 radical (unpaired) electrons. The third-order valence-electron chi connectivity index (χ3n) is 3.80. The van der Waals surface area contributed by atoms with E-state index in [2.05, 4.69) is 16.8 Å². The zero-order chi connectivity index (χ0) is 15.7. The van der Waals surface area contributed by atoms with Gasteiger partial charge in [-0.25, -0.2) is 4.79 Å². The van der Waals surface area contributed by atoms with Gasteiger partial charge in [0.1, 0.15) is 5.70 Å². The molecule has 1 fully saturated rings. The Morgan fingerprint density at radius 3 is 2.95 bits per heavy atom. The summed E-state index contributed by atoms with van der Waals surface area (Å²) in [5.74, 6) is 4.14. The highest BCUT2D eigenvalue weighted by Crippen LogP contribution is 2.40. The van der Waals surface area contributed by atoms with Gasteiger partial charge in [0.25, 0.3) is 5.91 Å². The van der Waals surface area contributed by atoms with Gasteiger partial charge in [0, 0.05) is 17.3 Å². The second-order valence-corrected chi connectivity index (χ2v) is 5.09. The molecule has 22 heavy (non-hydrogen) atoms. The number of carbonyl (C=O) groups is 2. The number of aliphatic carboxylic acids is 1. The van der Waals surface area contributed by atoms with Crippen molar-refractivity contribution in [2.75, 3.05) is 0 Å². The van der Waals surface area contributed by atoms with Gasteiger partial charge < -0.3 is 5.11 Å². The molecule has 3 rings (SSSR count). The van der Waals surface area contributed by atoms with Crippen molar-refractivity contribution < 1.29 is 14.7 Å². The summed E-state index contributed by atoms with van der Waals surface area (Å²) < 4.78 is 0. The van der Waals surface area contributed by atoms with E-state index >= 15 is 0 Å². The van der Waals surface area contributed by atoms with E-state index in [0.29, 0.717) is 29.7 Å². The standard InChI is InChI=1S/C17H14N2O3/c1-2-5-11-7-8-14-13(10-12-6-3-4-9-18-12)16(20)19(14)15(11)17(21)22/h3-4,6,9-10,14H,7-8H2,1H3,(H,21,22)/b13-10+. The third-order valence-corrected chi connectivity index (χ3v) is 3.80. The van der Waals surface area contributed by atoms with Gasteiger partial charge in [-0.15, -0.1) is 5.92 Å². The lowest BCUT2D eigenvalue weighted by Gasteiger charge is -2.45. The molecule has 110 valence electrons. The number of amides is 1. The molecule has 1 aromatic heterocycles. The highest BCUT2D eigenvalue weighted by molar-refractivity contribution is 6.10. The van der Waals surface area contributed by atoms with E-state index in [9.17, 15) is 14.7 Å². The zero-order valence-electron chi connectivity index (χ0n) is 12.0. The second kappa shape index (κ2) is 5.49. The SMILES string of the molecule is CC#CC1=C(C(=O)O)N2C(=O)/C(=C/c3ccccn3)C2CC1. The summed E-state index contributed by atoms with van der Waals surface area (Å²) in [6.45, 7) is 1.66. The van der Waals surface area contributed by atoms with Crippen LogP contribution < -0.4 is 0 Å². The monoisotopic (exact) mass is 294 g/mol. The normalized spacial score (nSPS) is 21.9. The Kier molecular flexibility index (Phi) is 3.51. The lowest BCUT2D eigenvalue weighted by atomic mass is 9.83. The van der Waals surface area contributed by atoms with Gasteiger partial charge in [-0.2, -0.15) is 0 Å².